The molecule has 0 unspecified atom stereocenters. The van der Waals surface area contributed by atoms with Gasteiger partial charge in [0.2, 0.25) is 0 Å². The Morgan fingerprint density at radius 1 is 1.33 bits per heavy atom. The fourth-order valence-corrected chi connectivity index (χ4v) is 1.82. The Hall–Kier alpha value is -1.40. The maximum Gasteiger partial charge on any atom is 0.148 e. The van der Waals surface area contributed by atoms with Crippen LogP contribution in [-0.4, -0.2) is 27.2 Å². The summed E-state index contributed by atoms with van der Waals surface area (Å²) in [7, 11) is 0. The molecule has 18 heavy (non-hydrogen) atoms. The van der Waals surface area contributed by atoms with Crippen molar-refractivity contribution >= 4 is 11.6 Å². The van der Waals surface area contributed by atoms with Crippen molar-refractivity contribution in [2.45, 2.75) is 45.6 Å². The van der Waals surface area contributed by atoms with E-state index in [-0.39, 0.29) is 18.1 Å². The summed E-state index contributed by atoms with van der Waals surface area (Å²) in [5.74, 6) is 7.10. The van der Waals surface area contributed by atoms with Gasteiger partial charge in [0.1, 0.15) is 18.0 Å². The second-order valence-corrected chi connectivity index (χ2v) is 5.27. The number of aliphatic hydroxyl groups excluding tert-OH is 1. The number of hydrogen-bond acceptors (Lipinski definition) is 6. The van der Waals surface area contributed by atoms with Gasteiger partial charge < -0.3 is 15.8 Å². The lowest BCUT2D eigenvalue weighted by molar-refractivity contribution is 0.260. The van der Waals surface area contributed by atoms with E-state index < -0.39 is 0 Å². The number of rotatable bonds is 6. The lowest BCUT2D eigenvalue weighted by Crippen LogP contribution is -2.33. The number of aliphatic hydroxyl groups is 1. The standard InChI is InChI=1S/C12H23N5O/c1-8(2)9-10(14-7-15-11(9)17-13)16-12(3,4)5-6-18/h7-8,18H,5-6,13H2,1-4H3,(H2,14,15,16,17). The van der Waals surface area contributed by atoms with Crippen molar-refractivity contribution in [2.75, 3.05) is 17.3 Å². The molecule has 6 heteroatoms. The van der Waals surface area contributed by atoms with E-state index in [1.807, 2.05) is 13.8 Å². The topological polar surface area (TPSA) is 96.1 Å². The molecular formula is C12H23N5O. The Bertz CT molecular complexity index is 392. The SMILES string of the molecule is CC(C)c1c(NN)ncnc1NC(C)(C)CCO. The Kier molecular flexibility index (Phi) is 4.86. The first-order chi connectivity index (χ1) is 8.41. The second kappa shape index (κ2) is 5.97. The normalized spacial score (nSPS) is 11.7. The highest BCUT2D eigenvalue weighted by atomic mass is 16.3. The predicted molar refractivity (Wildman–Crippen MR) is 73.3 cm³/mol. The Morgan fingerprint density at radius 3 is 2.44 bits per heavy atom. The molecular weight excluding hydrogens is 230 g/mol. The van der Waals surface area contributed by atoms with Gasteiger partial charge in [-0.05, 0) is 26.2 Å². The zero-order valence-electron chi connectivity index (χ0n) is 11.5. The summed E-state index contributed by atoms with van der Waals surface area (Å²) in [5.41, 5.74) is 3.31. The fourth-order valence-electron chi connectivity index (χ4n) is 1.82. The number of aromatic nitrogens is 2. The monoisotopic (exact) mass is 253 g/mol. The summed E-state index contributed by atoms with van der Waals surface area (Å²) in [4.78, 5) is 8.40. The van der Waals surface area contributed by atoms with E-state index >= 15 is 0 Å². The summed E-state index contributed by atoms with van der Waals surface area (Å²) in [5, 5.41) is 12.4. The molecule has 1 heterocycles. The van der Waals surface area contributed by atoms with Gasteiger partial charge in [0.15, 0.2) is 0 Å². The molecule has 5 N–H and O–H groups in total. The van der Waals surface area contributed by atoms with Gasteiger partial charge in [-0.3, -0.25) is 0 Å². The first-order valence-electron chi connectivity index (χ1n) is 6.12. The summed E-state index contributed by atoms with van der Waals surface area (Å²) < 4.78 is 0. The van der Waals surface area contributed by atoms with E-state index in [0.29, 0.717) is 12.2 Å². The minimum atomic E-state index is -0.237. The van der Waals surface area contributed by atoms with Gasteiger partial charge in [0.25, 0.3) is 0 Å². The maximum absolute atomic E-state index is 9.05. The molecule has 1 rings (SSSR count). The second-order valence-electron chi connectivity index (χ2n) is 5.27. The van der Waals surface area contributed by atoms with Crippen molar-refractivity contribution < 1.29 is 5.11 Å². The molecule has 0 spiro atoms. The largest absolute Gasteiger partial charge is 0.396 e. The van der Waals surface area contributed by atoms with Crippen molar-refractivity contribution in [1.29, 1.82) is 0 Å². The molecule has 6 nitrogen and oxygen atoms in total. The Balaban J connectivity index is 3.08. The summed E-state index contributed by atoms with van der Waals surface area (Å²) in [6.45, 7) is 8.29. The van der Waals surface area contributed by atoms with E-state index in [2.05, 4.69) is 34.6 Å². The Morgan fingerprint density at radius 2 is 1.94 bits per heavy atom. The van der Waals surface area contributed by atoms with Crippen LogP contribution in [0.15, 0.2) is 6.33 Å². The minimum absolute atomic E-state index is 0.129. The van der Waals surface area contributed by atoms with Gasteiger partial charge in [-0.1, -0.05) is 13.8 Å². The first kappa shape index (κ1) is 14.7. The van der Waals surface area contributed by atoms with Gasteiger partial charge in [-0.15, -0.1) is 0 Å². The van der Waals surface area contributed by atoms with Crippen LogP contribution < -0.4 is 16.6 Å². The molecule has 0 radical (unpaired) electrons. The van der Waals surface area contributed by atoms with Crippen LogP contribution >= 0.6 is 0 Å². The molecule has 0 saturated heterocycles. The third-order valence-corrected chi connectivity index (χ3v) is 2.79. The average molecular weight is 253 g/mol. The van der Waals surface area contributed by atoms with Crippen molar-refractivity contribution in [2.24, 2.45) is 5.84 Å². The lowest BCUT2D eigenvalue weighted by atomic mass is 9.99. The molecule has 0 atom stereocenters. The summed E-state index contributed by atoms with van der Waals surface area (Å²) in [6.07, 6.45) is 2.11. The number of nitrogens with zero attached hydrogens (tertiary/aromatic N) is 2. The molecule has 102 valence electrons. The van der Waals surface area contributed by atoms with Gasteiger partial charge in [0.05, 0.1) is 0 Å². The van der Waals surface area contributed by atoms with E-state index in [0.717, 1.165) is 11.4 Å². The van der Waals surface area contributed by atoms with E-state index in [9.17, 15) is 0 Å². The molecule has 0 aliphatic heterocycles. The van der Waals surface area contributed by atoms with Crippen LogP contribution in [0.5, 0.6) is 0 Å². The van der Waals surface area contributed by atoms with Crippen molar-refractivity contribution in [3.05, 3.63) is 11.9 Å². The first-order valence-corrected chi connectivity index (χ1v) is 6.12. The van der Waals surface area contributed by atoms with Crippen molar-refractivity contribution in [3.8, 4) is 0 Å². The highest BCUT2D eigenvalue weighted by Crippen LogP contribution is 2.30. The molecule has 0 aliphatic carbocycles. The highest BCUT2D eigenvalue weighted by molar-refractivity contribution is 5.59. The van der Waals surface area contributed by atoms with E-state index in [1.165, 1.54) is 6.33 Å². The predicted octanol–water partition coefficient (Wildman–Crippen LogP) is 1.46. The molecule has 0 fully saturated rings. The van der Waals surface area contributed by atoms with Gasteiger partial charge in [-0.2, -0.15) is 0 Å². The number of nitrogens with two attached hydrogens (primary N) is 1. The Labute approximate surface area is 108 Å². The molecule has 1 aromatic rings. The van der Waals surface area contributed by atoms with Crippen LogP contribution in [-0.2, 0) is 0 Å². The van der Waals surface area contributed by atoms with Crippen LogP contribution in [0, 0.1) is 0 Å². The summed E-state index contributed by atoms with van der Waals surface area (Å²) >= 11 is 0. The fraction of sp³-hybridized carbons (Fsp3) is 0.667. The quantitative estimate of drug-likeness (QED) is 0.453. The number of nitrogens with one attached hydrogen (secondary N) is 2. The number of hydrazine groups is 1. The molecule has 1 aromatic heterocycles. The van der Waals surface area contributed by atoms with Crippen LogP contribution in [0.25, 0.3) is 0 Å². The molecule has 0 amide bonds. The number of nitrogen functional groups attached to an aromatic ring is 1. The maximum atomic E-state index is 9.05. The van der Waals surface area contributed by atoms with Crippen LogP contribution in [0.4, 0.5) is 11.6 Å². The van der Waals surface area contributed by atoms with Gasteiger partial charge in [-0.25, -0.2) is 15.8 Å². The zero-order chi connectivity index (χ0) is 13.8. The molecule has 0 aromatic carbocycles. The molecule has 0 aliphatic rings. The van der Waals surface area contributed by atoms with Crippen molar-refractivity contribution in [3.63, 3.8) is 0 Å². The summed E-state index contributed by atoms with van der Waals surface area (Å²) in [6, 6.07) is 0. The van der Waals surface area contributed by atoms with Crippen LogP contribution in [0.2, 0.25) is 0 Å². The van der Waals surface area contributed by atoms with E-state index in [4.69, 9.17) is 10.9 Å². The van der Waals surface area contributed by atoms with Crippen molar-refractivity contribution in [1.82, 2.24) is 9.97 Å². The average Bonchev–Trinajstić information content (AvgIpc) is 2.27. The van der Waals surface area contributed by atoms with E-state index in [1.54, 1.807) is 0 Å². The third-order valence-electron chi connectivity index (χ3n) is 2.79. The third kappa shape index (κ3) is 3.54. The van der Waals surface area contributed by atoms with Crippen LogP contribution in [0.3, 0.4) is 0 Å². The lowest BCUT2D eigenvalue weighted by Gasteiger charge is -2.28. The van der Waals surface area contributed by atoms with Gasteiger partial charge >= 0.3 is 0 Å². The van der Waals surface area contributed by atoms with Gasteiger partial charge in [0, 0.05) is 17.7 Å². The number of hydrogen-bond donors (Lipinski definition) is 4. The zero-order valence-corrected chi connectivity index (χ0v) is 11.5. The smallest absolute Gasteiger partial charge is 0.148 e. The highest BCUT2D eigenvalue weighted by Gasteiger charge is 2.21. The molecule has 0 bridgehead atoms. The number of anilines is 2. The molecule has 0 saturated carbocycles. The minimum Gasteiger partial charge on any atom is -0.396 e. The van der Waals surface area contributed by atoms with Crippen LogP contribution in [0.1, 0.15) is 45.6 Å².